The molecule has 0 saturated carbocycles. The maximum atomic E-state index is 12.3. The standard InChI is InChI=1S/C21H21N3O4/c1-14(24-21(26)17-4-3-9-23-20(17)25)16-5-6-18(19(12-16)27-2)28-13-15-7-10-22-11-8-15/h3-12,14H,13H2,1-2H3,(H,23,25)(H,24,26). The first-order valence-corrected chi connectivity index (χ1v) is 8.76. The van der Waals surface area contributed by atoms with Crippen LogP contribution in [0, 0.1) is 0 Å². The first-order valence-electron chi connectivity index (χ1n) is 8.76. The van der Waals surface area contributed by atoms with Crippen LogP contribution in [0.3, 0.4) is 0 Å². The lowest BCUT2D eigenvalue weighted by atomic mass is 10.1. The van der Waals surface area contributed by atoms with Gasteiger partial charge < -0.3 is 19.8 Å². The molecule has 28 heavy (non-hydrogen) atoms. The minimum atomic E-state index is -0.439. The monoisotopic (exact) mass is 379 g/mol. The van der Waals surface area contributed by atoms with Crippen LogP contribution in [0.25, 0.3) is 0 Å². The number of ether oxygens (including phenoxy) is 2. The van der Waals surface area contributed by atoms with Gasteiger partial charge in [-0.1, -0.05) is 6.07 Å². The Bertz CT molecular complexity index is 1000. The molecule has 144 valence electrons. The van der Waals surface area contributed by atoms with Crippen molar-refractivity contribution < 1.29 is 14.3 Å². The number of aromatic amines is 1. The molecule has 0 aliphatic carbocycles. The van der Waals surface area contributed by atoms with E-state index in [0.717, 1.165) is 11.1 Å². The van der Waals surface area contributed by atoms with Crippen LogP contribution < -0.4 is 20.3 Å². The van der Waals surface area contributed by atoms with Crippen molar-refractivity contribution in [2.75, 3.05) is 7.11 Å². The Balaban J connectivity index is 1.71. The Labute approximate surface area is 162 Å². The molecule has 7 heteroatoms. The van der Waals surface area contributed by atoms with Gasteiger partial charge in [0.25, 0.3) is 11.5 Å². The van der Waals surface area contributed by atoms with Crippen LogP contribution in [-0.2, 0) is 6.61 Å². The van der Waals surface area contributed by atoms with Crippen LogP contribution in [-0.4, -0.2) is 23.0 Å². The van der Waals surface area contributed by atoms with Crippen LogP contribution in [0.15, 0.2) is 65.8 Å². The summed E-state index contributed by atoms with van der Waals surface area (Å²) in [6.07, 6.45) is 4.90. The molecular formula is C21H21N3O4. The largest absolute Gasteiger partial charge is 0.493 e. The van der Waals surface area contributed by atoms with E-state index in [2.05, 4.69) is 15.3 Å². The van der Waals surface area contributed by atoms with Gasteiger partial charge in [-0.25, -0.2) is 0 Å². The van der Waals surface area contributed by atoms with Crippen molar-refractivity contribution in [1.29, 1.82) is 0 Å². The lowest BCUT2D eigenvalue weighted by molar-refractivity contribution is 0.0938. The number of H-pyrrole nitrogens is 1. The summed E-state index contributed by atoms with van der Waals surface area (Å²) in [6, 6.07) is 12.0. The first-order chi connectivity index (χ1) is 13.6. The van der Waals surface area contributed by atoms with Crippen molar-refractivity contribution in [3.63, 3.8) is 0 Å². The normalized spacial score (nSPS) is 11.5. The van der Waals surface area contributed by atoms with Crippen LogP contribution >= 0.6 is 0 Å². The molecule has 2 N–H and O–H groups in total. The van der Waals surface area contributed by atoms with Gasteiger partial charge in [0.05, 0.1) is 13.2 Å². The summed E-state index contributed by atoms with van der Waals surface area (Å²) >= 11 is 0. The van der Waals surface area contributed by atoms with E-state index in [4.69, 9.17) is 9.47 Å². The average molecular weight is 379 g/mol. The highest BCUT2D eigenvalue weighted by molar-refractivity contribution is 5.94. The second-order valence-electron chi connectivity index (χ2n) is 6.16. The van der Waals surface area contributed by atoms with Gasteiger partial charge in [0, 0.05) is 18.6 Å². The van der Waals surface area contributed by atoms with E-state index >= 15 is 0 Å². The molecule has 3 aromatic rings. The number of pyridine rings is 2. The summed E-state index contributed by atoms with van der Waals surface area (Å²) in [5, 5.41) is 2.82. The fourth-order valence-corrected chi connectivity index (χ4v) is 2.67. The van der Waals surface area contributed by atoms with Gasteiger partial charge in [0.2, 0.25) is 0 Å². The highest BCUT2D eigenvalue weighted by Crippen LogP contribution is 2.31. The first kappa shape index (κ1) is 19.2. The van der Waals surface area contributed by atoms with E-state index in [1.165, 1.54) is 12.3 Å². The number of nitrogens with zero attached hydrogens (tertiary/aromatic N) is 1. The Morgan fingerprint density at radius 2 is 1.96 bits per heavy atom. The Hall–Kier alpha value is -3.61. The van der Waals surface area contributed by atoms with E-state index < -0.39 is 11.5 Å². The Morgan fingerprint density at radius 1 is 1.18 bits per heavy atom. The van der Waals surface area contributed by atoms with Crippen molar-refractivity contribution in [2.24, 2.45) is 0 Å². The minimum Gasteiger partial charge on any atom is -0.493 e. The minimum absolute atomic E-state index is 0.0682. The van der Waals surface area contributed by atoms with E-state index in [1.807, 2.05) is 31.2 Å². The molecule has 0 radical (unpaired) electrons. The molecule has 0 spiro atoms. The van der Waals surface area contributed by atoms with Crippen molar-refractivity contribution >= 4 is 5.91 Å². The molecule has 1 atom stereocenters. The topological polar surface area (TPSA) is 93.3 Å². The number of aromatic nitrogens is 2. The molecule has 7 nitrogen and oxygen atoms in total. The van der Waals surface area contributed by atoms with Crippen LogP contribution in [0.5, 0.6) is 11.5 Å². The molecule has 1 unspecified atom stereocenters. The number of carbonyl (C=O) groups is 1. The number of nitrogens with one attached hydrogen (secondary N) is 2. The third-order valence-electron chi connectivity index (χ3n) is 4.24. The number of rotatable bonds is 7. The zero-order valence-electron chi connectivity index (χ0n) is 15.6. The molecule has 1 amide bonds. The third-order valence-corrected chi connectivity index (χ3v) is 4.24. The van der Waals surface area contributed by atoms with Crippen LogP contribution in [0.2, 0.25) is 0 Å². The molecule has 2 heterocycles. The van der Waals surface area contributed by atoms with E-state index in [9.17, 15) is 9.59 Å². The highest BCUT2D eigenvalue weighted by atomic mass is 16.5. The predicted octanol–water partition coefficient (Wildman–Crippen LogP) is 2.85. The van der Waals surface area contributed by atoms with Gasteiger partial charge in [-0.2, -0.15) is 0 Å². The van der Waals surface area contributed by atoms with E-state index in [1.54, 1.807) is 31.6 Å². The lowest BCUT2D eigenvalue weighted by Gasteiger charge is -2.17. The van der Waals surface area contributed by atoms with Crippen LogP contribution in [0.1, 0.15) is 34.5 Å². The Kier molecular flexibility index (Phi) is 6.06. The van der Waals surface area contributed by atoms with Crippen molar-refractivity contribution in [1.82, 2.24) is 15.3 Å². The number of methoxy groups -OCH3 is 1. The van der Waals surface area contributed by atoms with E-state index in [-0.39, 0.29) is 11.6 Å². The van der Waals surface area contributed by atoms with Gasteiger partial charge in [-0.05, 0) is 54.4 Å². The fourth-order valence-electron chi connectivity index (χ4n) is 2.67. The van der Waals surface area contributed by atoms with Crippen LogP contribution in [0.4, 0.5) is 0 Å². The fraction of sp³-hybridized carbons (Fsp3) is 0.190. The summed E-state index contributed by atoms with van der Waals surface area (Å²) in [6.45, 7) is 2.22. The molecule has 0 aliphatic rings. The van der Waals surface area contributed by atoms with Crippen molar-refractivity contribution in [2.45, 2.75) is 19.6 Å². The number of benzene rings is 1. The SMILES string of the molecule is COc1cc(C(C)NC(=O)c2ccc[nH]c2=O)ccc1OCc1ccncc1. The number of hydrogen-bond donors (Lipinski definition) is 2. The van der Waals surface area contributed by atoms with Gasteiger partial charge in [-0.15, -0.1) is 0 Å². The maximum absolute atomic E-state index is 12.3. The van der Waals surface area contributed by atoms with Gasteiger partial charge in [0.15, 0.2) is 11.5 Å². The maximum Gasteiger partial charge on any atom is 0.260 e. The number of carbonyl (C=O) groups excluding carboxylic acids is 1. The number of hydrogen-bond acceptors (Lipinski definition) is 5. The summed E-state index contributed by atoms with van der Waals surface area (Å²) < 4.78 is 11.3. The molecule has 0 aliphatic heterocycles. The Morgan fingerprint density at radius 3 is 2.68 bits per heavy atom. The van der Waals surface area contributed by atoms with Gasteiger partial charge in [-0.3, -0.25) is 14.6 Å². The van der Waals surface area contributed by atoms with Crippen molar-refractivity contribution in [3.8, 4) is 11.5 Å². The van der Waals surface area contributed by atoms with E-state index in [0.29, 0.717) is 18.1 Å². The quantitative estimate of drug-likeness (QED) is 0.658. The average Bonchev–Trinajstić information content (AvgIpc) is 2.73. The molecule has 1 aromatic carbocycles. The summed E-state index contributed by atoms with van der Waals surface area (Å²) in [7, 11) is 1.56. The molecule has 0 saturated heterocycles. The zero-order chi connectivity index (χ0) is 19.9. The molecule has 0 bridgehead atoms. The third kappa shape index (κ3) is 4.56. The lowest BCUT2D eigenvalue weighted by Crippen LogP contribution is -2.31. The summed E-state index contributed by atoms with van der Waals surface area (Å²) in [4.78, 5) is 30.6. The second kappa shape index (κ2) is 8.85. The van der Waals surface area contributed by atoms with Gasteiger partial charge >= 0.3 is 0 Å². The summed E-state index contributed by atoms with van der Waals surface area (Å²) in [5.74, 6) is 0.720. The highest BCUT2D eigenvalue weighted by Gasteiger charge is 2.16. The molecule has 3 rings (SSSR count). The van der Waals surface area contributed by atoms with Crippen molar-refractivity contribution in [3.05, 3.63) is 88.1 Å². The number of amides is 1. The second-order valence-corrected chi connectivity index (χ2v) is 6.16. The summed E-state index contributed by atoms with van der Waals surface area (Å²) in [5.41, 5.74) is 1.46. The molecule has 0 fully saturated rings. The predicted molar refractivity (Wildman–Crippen MR) is 105 cm³/mol. The van der Waals surface area contributed by atoms with Gasteiger partial charge in [0.1, 0.15) is 12.2 Å². The smallest absolute Gasteiger partial charge is 0.260 e. The molecular weight excluding hydrogens is 358 g/mol. The molecule has 2 aromatic heterocycles. The zero-order valence-corrected chi connectivity index (χ0v) is 15.6.